The first-order valence-electron chi connectivity index (χ1n) is 25.5. The highest BCUT2D eigenvalue weighted by molar-refractivity contribution is 8.00. The molecule has 23 heteroatoms. The summed E-state index contributed by atoms with van der Waals surface area (Å²) in [5.41, 5.74) is 0.296. The maximum absolute atomic E-state index is 13.3. The minimum absolute atomic E-state index is 0.0337. The van der Waals surface area contributed by atoms with Gasteiger partial charge in [0.15, 0.2) is 0 Å². The van der Waals surface area contributed by atoms with Gasteiger partial charge in [0.05, 0.1) is 70.2 Å². The SMILES string of the molecule is CC(C)(C)OC(=O)CCOCCOCCOCCNC(=O)c1cc(NC(=O)CCCCNC(=O)CCCC[C@@H]2SC[C@@H]3NC(=O)N[C@@H]32)cc(NC(=O)CCCNC(=O)CCCC[C@@H]2SC[C@@H]3NC(=O)N[C@@H]32)c1. The molecule has 4 aliphatic rings. The van der Waals surface area contributed by atoms with Crippen LogP contribution in [0.1, 0.15) is 121 Å². The zero-order chi connectivity index (χ0) is 51.7. The van der Waals surface area contributed by atoms with Gasteiger partial charge in [0.2, 0.25) is 23.6 Å². The Bertz CT molecular complexity index is 1980. The average molecular weight is 1050 g/mol. The first-order chi connectivity index (χ1) is 34.6. The zero-order valence-corrected chi connectivity index (χ0v) is 43.7. The second kappa shape index (κ2) is 31.0. The first kappa shape index (κ1) is 58.1. The van der Waals surface area contributed by atoms with E-state index in [1.165, 1.54) is 12.1 Å². The Kier molecular flexibility index (Phi) is 25.0. The summed E-state index contributed by atoms with van der Waals surface area (Å²) in [6, 6.07) is 5.07. The van der Waals surface area contributed by atoms with E-state index < -0.39 is 11.5 Å². The van der Waals surface area contributed by atoms with Gasteiger partial charge in [-0.15, -0.1) is 0 Å². The van der Waals surface area contributed by atoms with Gasteiger partial charge in [-0.25, -0.2) is 9.59 Å². The highest BCUT2D eigenvalue weighted by Gasteiger charge is 2.43. The van der Waals surface area contributed by atoms with E-state index >= 15 is 0 Å². The van der Waals surface area contributed by atoms with Crippen molar-refractivity contribution in [1.82, 2.24) is 37.2 Å². The smallest absolute Gasteiger partial charge is 0.315 e. The normalized spacial score (nSPS) is 20.8. The van der Waals surface area contributed by atoms with E-state index in [4.69, 9.17) is 18.9 Å². The van der Waals surface area contributed by atoms with E-state index in [-0.39, 0.29) is 117 Å². The van der Waals surface area contributed by atoms with Crippen molar-refractivity contribution in [3.05, 3.63) is 23.8 Å². The largest absolute Gasteiger partial charge is 0.460 e. The third-order valence-electron chi connectivity index (χ3n) is 12.1. The topological polar surface area (TPSA) is 282 Å². The zero-order valence-electron chi connectivity index (χ0n) is 42.1. The van der Waals surface area contributed by atoms with Gasteiger partial charge in [-0.3, -0.25) is 28.8 Å². The molecule has 0 radical (unpaired) electrons. The number of anilines is 2. The molecule has 9 N–H and O–H groups in total. The number of esters is 1. The Morgan fingerprint density at radius 1 is 0.542 bits per heavy atom. The Labute approximate surface area is 431 Å². The van der Waals surface area contributed by atoms with Crippen LogP contribution in [0.15, 0.2) is 18.2 Å². The minimum Gasteiger partial charge on any atom is -0.460 e. The van der Waals surface area contributed by atoms with Crippen LogP contribution in [0.25, 0.3) is 0 Å². The molecular formula is C49H77N9O12S2. The molecule has 4 saturated heterocycles. The summed E-state index contributed by atoms with van der Waals surface area (Å²) < 4.78 is 21.8. The second-order valence-electron chi connectivity index (χ2n) is 19.3. The van der Waals surface area contributed by atoms with Crippen molar-refractivity contribution in [3.8, 4) is 0 Å². The van der Waals surface area contributed by atoms with Crippen molar-refractivity contribution in [2.45, 2.75) is 151 Å². The van der Waals surface area contributed by atoms with Gasteiger partial charge in [0, 0.05) is 84.3 Å². The Hall–Kier alpha value is -4.84. The minimum atomic E-state index is -0.540. The lowest BCUT2D eigenvalue weighted by molar-refractivity contribution is -0.156. The summed E-state index contributed by atoms with van der Waals surface area (Å²) in [6.45, 7) is 8.04. The predicted octanol–water partition coefficient (Wildman–Crippen LogP) is 3.71. The summed E-state index contributed by atoms with van der Waals surface area (Å²) in [5.74, 6) is 0.304. The molecule has 0 spiro atoms. The number of rotatable bonds is 34. The number of thioether (sulfide) groups is 2. The van der Waals surface area contributed by atoms with Crippen LogP contribution in [-0.4, -0.2) is 159 Å². The molecule has 4 heterocycles. The van der Waals surface area contributed by atoms with Crippen LogP contribution < -0.4 is 47.9 Å². The molecule has 21 nitrogen and oxygen atoms in total. The maximum Gasteiger partial charge on any atom is 0.315 e. The maximum atomic E-state index is 13.3. The number of ether oxygens (including phenoxy) is 4. The standard InChI is InChI=1S/C49H77N9O12S2/c1-49(2,3)70-43(63)17-21-67-23-25-69-26-24-68-22-20-52-46(64)32-27-33(53-41(61)15-8-9-18-50-39(59)13-6-4-11-37-44-35(30-71-37)55-47(65)57-44)29-34(28-32)54-42(62)16-10-19-51-40(60)14-7-5-12-38-45-36(31-72-38)56-48(66)58-45/h27-29,35-38,44-45H,4-26,30-31H2,1-3H3,(H,50,59)(H,51,60)(H,52,64)(H,53,61)(H,54,62)(H2,55,57,65)(H2,56,58,66)/t35-,36-,37-,38-,44-,45-/m0/s1. The van der Waals surface area contributed by atoms with Crippen molar-refractivity contribution in [2.24, 2.45) is 0 Å². The number of unbranched alkanes of at least 4 members (excludes halogenated alkanes) is 3. The monoisotopic (exact) mass is 1050 g/mol. The van der Waals surface area contributed by atoms with Gasteiger partial charge in [-0.2, -0.15) is 23.5 Å². The molecule has 9 amide bonds. The molecule has 5 rings (SSSR count). The third kappa shape index (κ3) is 22.1. The number of hydrogen-bond acceptors (Lipinski definition) is 14. The highest BCUT2D eigenvalue weighted by Crippen LogP contribution is 2.34. The second-order valence-corrected chi connectivity index (χ2v) is 21.9. The number of hydrogen-bond donors (Lipinski definition) is 9. The van der Waals surface area contributed by atoms with E-state index in [1.54, 1.807) is 6.07 Å². The van der Waals surface area contributed by atoms with Crippen molar-refractivity contribution in [2.75, 3.05) is 81.4 Å². The summed E-state index contributed by atoms with van der Waals surface area (Å²) in [4.78, 5) is 99.4. The lowest BCUT2D eigenvalue weighted by Gasteiger charge is -2.19. The number of benzene rings is 1. The fourth-order valence-electron chi connectivity index (χ4n) is 8.62. The summed E-state index contributed by atoms with van der Waals surface area (Å²) in [7, 11) is 0. The number of fused-ring (bicyclic) bond motifs is 2. The summed E-state index contributed by atoms with van der Waals surface area (Å²) in [5, 5.41) is 26.9. The number of carbonyl (C=O) groups excluding carboxylic acids is 8. The molecule has 0 unspecified atom stereocenters. The number of amides is 9. The molecule has 72 heavy (non-hydrogen) atoms. The fourth-order valence-corrected chi connectivity index (χ4v) is 11.7. The van der Waals surface area contributed by atoms with Gasteiger partial charge < -0.3 is 66.8 Å². The molecule has 0 saturated carbocycles. The van der Waals surface area contributed by atoms with Gasteiger partial charge in [0.25, 0.3) is 5.91 Å². The molecule has 4 fully saturated rings. The average Bonchev–Trinajstić information content (AvgIpc) is 4.09. The fraction of sp³-hybridized carbons (Fsp3) is 0.714. The van der Waals surface area contributed by atoms with Crippen LogP contribution in [-0.2, 0) is 42.9 Å². The van der Waals surface area contributed by atoms with Crippen LogP contribution in [0, 0.1) is 0 Å². The molecule has 1 aromatic rings. The molecular weight excluding hydrogens is 971 g/mol. The first-order valence-corrected chi connectivity index (χ1v) is 27.6. The third-order valence-corrected chi connectivity index (χ3v) is 15.1. The van der Waals surface area contributed by atoms with Gasteiger partial charge >= 0.3 is 18.0 Å². The molecule has 0 aromatic heterocycles. The Morgan fingerprint density at radius 2 is 1.01 bits per heavy atom. The Balaban J connectivity index is 0.973. The molecule has 1 aromatic carbocycles. The van der Waals surface area contributed by atoms with Crippen molar-refractivity contribution < 1.29 is 57.3 Å². The van der Waals surface area contributed by atoms with Crippen LogP contribution >= 0.6 is 23.5 Å². The number of carbonyl (C=O) groups is 8. The van der Waals surface area contributed by atoms with E-state index in [0.717, 1.165) is 50.0 Å². The number of urea groups is 2. The van der Waals surface area contributed by atoms with E-state index in [9.17, 15) is 38.4 Å². The van der Waals surface area contributed by atoms with Crippen LogP contribution in [0.2, 0.25) is 0 Å². The summed E-state index contributed by atoms with van der Waals surface area (Å²) >= 11 is 3.71. The van der Waals surface area contributed by atoms with E-state index in [1.807, 2.05) is 44.3 Å². The van der Waals surface area contributed by atoms with Crippen molar-refractivity contribution in [1.29, 1.82) is 0 Å². The van der Waals surface area contributed by atoms with E-state index in [2.05, 4.69) is 47.9 Å². The van der Waals surface area contributed by atoms with Crippen LogP contribution in [0.3, 0.4) is 0 Å². The van der Waals surface area contributed by atoms with Gasteiger partial charge in [0.1, 0.15) is 5.60 Å². The lowest BCUT2D eigenvalue weighted by atomic mass is 10.0. The summed E-state index contributed by atoms with van der Waals surface area (Å²) in [6.07, 6.45) is 7.87. The van der Waals surface area contributed by atoms with Gasteiger partial charge in [-0.05, 0) is 83.9 Å². The van der Waals surface area contributed by atoms with E-state index in [0.29, 0.717) is 86.9 Å². The molecule has 402 valence electrons. The highest BCUT2D eigenvalue weighted by atomic mass is 32.2. The molecule has 0 bridgehead atoms. The van der Waals surface area contributed by atoms with Crippen LogP contribution in [0.4, 0.5) is 21.0 Å². The molecule has 6 atom stereocenters. The van der Waals surface area contributed by atoms with Crippen molar-refractivity contribution in [3.63, 3.8) is 0 Å². The predicted molar refractivity (Wildman–Crippen MR) is 276 cm³/mol. The Morgan fingerprint density at radius 3 is 1.56 bits per heavy atom. The molecule has 0 aliphatic carbocycles. The van der Waals surface area contributed by atoms with Crippen molar-refractivity contribution >= 4 is 82.5 Å². The lowest BCUT2D eigenvalue weighted by Crippen LogP contribution is -2.36. The van der Waals surface area contributed by atoms with Gasteiger partial charge in [-0.1, -0.05) is 12.8 Å². The quantitative estimate of drug-likeness (QED) is 0.0271. The molecule has 4 aliphatic heterocycles. The number of nitrogens with one attached hydrogen (secondary N) is 9. The van der Waals surface area contributed by atoms with Crippen LogP contribution in [0.5, 0.6) is 0 Å².